The second kappa shape index (κ2) is 11.9. The Morgan fingerprint density at radius 3 is 2.53 bits per heavy atom. The lowest BCUT2D eigenvalue weighted by Gasteiger charge is -2.36. The van der Waals surface area contributed by atoms with Gasteiger partial charge in [0.1, 0.15) is 30.5 Å². The third-order valence-electron chi connectivity index (χ3n) is 6.58. The molecule has 9 atom stereocenters. The van der Waals surface area contributed by atoms with Crippen molar-refractivity contribution in [3.63, 3.8) is 0 Å². The molecular formula is C23H36F3NO3. The van der Waals surface area contributed by atoms with Crippen molar-refractivity contribution in [1.29, 1.82) is 5.26 Å². The molecule has 1 aliphatic heterocycles. The molecule has 0 aromatic heterocycles. The average molecular weight is 432 g/mol. The highest BCUT2D eigenvalue weighted by Gasteiger charge is 2.40. The van der Waals surface area contributed by atoms with Crippen LogP contribution in [0.15, 0.2) is 0 Å². The molecule has 1 aliphatic carbocycles. The third-order valence-corrected chi connectivity index (χ3v) is 6.58. The van der Waals surface area contributed by atoms with E-state index in [0.29, 0.717) is 25.4 Å². The zero-order chi connectivity index (χ0) is 22.3. The number of nitrogens with zero attached hydrogens (tertiary/aromatic N) is 1. The lowest BCUT2D eigenvalue weighted by Crippen LogP contribution is -2.39. The molecule has 0 aromatic rings. The summed E-state index contributed by atoms with van der Waals surface area (Å²) in [7, 11) is 0. The predicted molar refractivity (Wildman–Crippen MR) is 108 cm³/mol. The second-order valence-corrected chi connectivity index (χ2v) is 9.29. The Balaban J connectivity index is 1.83. The van der Waals surface area contributed by atoms with Gasteiger partial charge in [-0.25, -0.2) is 13.2 Å². The Hall–Kier alpha value is -1.29. The van der Waals surface area contributed by atoms with Crippen LogP contribution in [0.2, 0.25) is 0 Å². The number of carbonyl (C=O) groups excluding carboxylic acids is 1. The SMILES string of the molecule is CC1CCCCC(C2CCC(C(=O)OC(C)CC(F)C(C#N)C(C)F)C(F)C2)OC1. The number of carbonyl (C=O) groups is 1. The summed E-state index contributed by atoms with van der Waals surface area (Å²) in [6, 6.07) is 1.62. The highest BCUT2D eigenvalue weighted by atomic mass is 19.1. The first-order chi connectivity index (χ1) is 14.2. The normalized spacial score (nSPS) is 34.5. The first-order valence-electron chi connectivity index (χ1n) is 11.4. The molecule has 1 saturated heterocycles. The lowest BCUT2D eigenvalue weighted by molar-refractivity contribution is -0.159. The van der Waals surface area contributed by atoms with Crippen molar-refractivity contribution in [2.45, 2.75) is 103 Å². The fourth-order valence-electron chi connectivity index (χ4n) is 4.68. The molecule has 2 rings (SSSR count). The molecule has 0 N–H and O–H groups in total. The molecule has 1 heterocycles. The molecule has 0 amide bonds. The fourth-order valence-corrected chi connectivity index (χ4v) is 4.68. The number of hydrogen-bond acceptors (Lipinski definition) is 4. The van der Waals surface area contributed by atoms with Gasteiger partial charge in [0.25, 0.3) is 0 Å². The maximum absolute atomic E-state index is 14.8. The van der Waals surface area contributed by atoms with Gasteiger partial charge in [0.05, 0.1) is 18.1 Å². The van der Waals surface area contributed by atoms with E-state index >= 15 is 0 Å². The van der Waals surface area contributed by atoms with E-state index in [2.05, 4.69) is 6.92 Å². The number of rotatable bonds is 7. The Morgan fingerprint density at radius 1 is 1.20 bits per heavy atom. The van der Waals surface area contributed by atoms with Crippen molar-refractivity contribution < 1.29 is 27.4 Å². The minimum atomic E-state index is -1.74. The topological polar surface area (TPSA) is 59.3 Å². The minimum Gasteiger partial charge on any atom is -0.462 e. The number of hydrogen-bond donors (Lipinski definition) is 0. The van der Waals surface area contributed by atoms with Gasteiger partial charge in [-0.3, -0.25) is 4.79 Å². The molecule has 2 aliphatic rings. The van der Waals surface area contributed by atoms with Crippen LogP contribution in [0.25, 0.3) is 0 Å². The molecule has 1 saturated carbocycles. The van der Waals surface area contributed by atoms with Gasteiger partial charge in [-0.2, -0.15) is 5.26 Å². The Bertz CT molecular complexity index is 583. The van der Waals surface area contributed by atoms with Gasteiger partial charge in [-0.1, -0.05) is 19.8 Å². The van der Waals surface area contributed by atoms with Crippen molar-refractivity contribution in [2.24, 2.45) is 23.7 Å². The van der Waals surface area contributed by atoms with Gasteiger partial charge < -0.3 is 9.47 Å². The maximum atomic E-state index is 14.8. The summed E-state index contributed by atoms with van der Waals surface area (Å²) in [6.45, 7) is 5.49. The molecule has 0 radical (unpaired) electrons. The van der Waals surface area contributed by atoms with Crippen molar-refractivity contribution in [3.8, 4) is 6.07 Å². The van der Waals surface area contributed by atoms with E-state index in [0.717, 1.165) is 26.2 Å². The molecular weight excluding hydrogens is 395 g/mol. The van der Waals surface area contributed by atoms with Gasteiger partial charge in [0.2, 0.25) is 0 Å². The Labute approximate surface area is 178 Å². The van der Waals surface area contributed by atoms with E-state index in [1.807, 2.05) is 0 Å². The van der Waals surface area contributed by atoms with Gasteiger partial charge >= 0.3 is 5.97 Å². The molecule has 2 fully saturated rings. The van der Waals surface area contributed by atoms with Crippen LogP contribution in [-0.4, -0.2) is 43.3 Å². The van der Waals surface area contributed by atoms with E-state index < -0.39 is 42.4 Å². The Kier molecular flexibility index (Phi) is 9.93. The lowest BCUT2D eigenvalue weighted by atomic mass is 9.76. The van der Waals surface area contributed by atoms with Crippen molar-refractivity contribution in [3.05, 3.63) is 0 Å². The van der Waals surface area contributed by atoms with Crippen LogP contribution >= 0.6 is 0 Å². The molecule has 0 aromatic carbocycles. The van der Waals surface area contributed by atoms with Crippen molar-refractivity contribution in [2.75, 3.05) is 6.61 Å². The van der Waals surface area contributed by atoms with Crippen LogP contribution in [0.4, 0.5) is 13.2 Å². The predicted octanol–water partition coefficient (Wildman–Crippen LogP) is 5.49. The summed E-state index contributed by atoms with van der Waals surface area (Å²) in [4.78, 5) is 12.4. The number of esters is 1. The summed E-state index contributed by atoms with van der Waals surface area (Å²) < 4.78 is 53.6. The van der Waals surface area contributed by atoms with Crippen LogP contribution in [0.3, 0.4) is 0 Å². The van der Waals surface area contributed by atoms with Gasteiger partial charge in [-0.15, -0.1) is 0 Å². The average Bonchev–Trinajstić information content (AvgIpc) is 2.65. The first-order valence-corrected chi connectivity index (χ1v) is 11.4. The van der Waals surface area contributed by atoms with Crippen LogP contribution in [0.5, 0.6) is 0 Å². The largest absolute Gasteiger partial charge is 0.462 e. The Morgan fingerprint density at radius 2 is 1.90 bits per heavy atom. The number of ether oxygens (including phenoxy) is 2. The molecule has 4 nitrogen and oxygen atoms in total. The van der Waals surface area contributed by atoms with E-state index in [-0.39, 0.29) is 24.9 Å². The number of alkyl halides is 3. The monoisotopic (exact) mass is 431 g/mol. The van der Waals surface area contributed by atoms with Crippen LogP contribution in [0, 0.1) is 35.0 Å². The van der Waals surface area contributed by atoms with Crippen molar-refractivity contribution >= 4 is 5.97 Å². The van der Waals surface area contributed by atoms with E-state index in [4.69, 9.17) is 14.7 Å². The van der Waals surface area contributed by atoms with E-state index in [1.54, 1.807) is 6.07 Å². The van der Waals surface area contributed by atoms with Gasteiger partial charge in [-0.05, 0) is 57.8 Å². The van der Waals surface area contributed by atoms with E-state index in [9.17, 15) is 18.0 Å². The summed E-state index contributed by atoms with van der Waals surface area (Å²) in [5.74, 6) is -2.32. The number of halogens is 3. The summed E-state index contributed by atoms with van der Waals surface area (Å²) >= 11 is 0. The highest BCUT2D eigenvalue weighted by molar-refractivity contribution is 5.73. The summed E-state index contributed by atoms with van der Waals surface area (Å²) in [5, 5.41) is 8.88. The molecule has 172 valence electrons. The zero-order valence-electron chi connectivity index (χ0n) is 18.4. The van der Waals surface area contributed by atoms with Crippen LogP contribution < -0.4 is 0 Å². The minimum absolute atomic E-state index is 0.0415. The van der Waals surface area contributed by atoms with Gasteiger partial charge in [0, 0.05) is 13.0 Å². The van der Waals surface area contributed by atoms with Crippen LogP contribution in [-0.2, 0) is 14.3 Å². The highest BCUT2D eigenvalue weighted by Crippen LogP contribution is 2.37. The van der Waals surface area contributed by atoms with Crippen molar-refractivity contribution in [1.82, 2.24) is 0 Å². The second-order valence-electron chi connectivity index (χ2n) is 9.29. The van der Waals surface area contributed by atoms with Crippen LogP contribution in [0.1, 0.15) is 72.1 Å². The maximum Gasteiger partial charge on any atom is 0.312 e. The van der Waals surface area contributed by atoms with E-state index in [1.165, 1.54) is 13.3 Å². The summed E-state index contributed by atoms with van der Waals surface area (Å²) in [6.07, 6.45) is -0.0478. The first kappa shape index (κ1) is 25.0. The molecule has 0 bridgehead atoms. The zero-order valence-corrected chi connectivity index (χ0v) is 18.4. The number of nitriles is 1. The molecule has 0 spiro atoms. The quantitative estimate of drug-likeness (QED) is 0.500. The standard InChI is InChI=1S/C23H36F3NO3/c1-14-6-4-5-7-22(29-13-14)17-8-9-18(21(26)11-17)23(28)30-15(2)10-20(25)19(12-27)16(3)24/h14-22H,4-11,13H2,1-3H3. The summed E-state index contributed by atoms with van der Waals surface area (Å²) in [5.41, 5.74) is 0. The molecule has 9 unspecified atom stereocenters. The smallest absolute Gasteiger partial charge is 0.312 e. The fraction of sp³-hybridized carbons (Fsp3) is 0.913. The molecule has 30 heavy (non-hydrogen) atoms. The third kappa shape index (κ3) is 7.14. The van der Waals surface area contributed by atoms with Gasteiger partial charge in [0.15, 0.2) is 0 Å². The molecule has 7 heteroatoms.